The van der Waals surface area contributed by atoms with E-state index in [0.29, 0.717) is 24.5 Å². The molecule has 3 atom stereocenters. The summed E-state index contributed by atoms with van der Waals surface area (Å²) in [7, 11) is 1.70. The van der Waals surface area contributed by atoms with Gasteiger partial charge in [0.2, 0.25) is 0 Å². The fourth-order valence-corrected chi connectivity index (χ4v) is 4.00. The summed E-state index contributed by atoms with van der Waals surface area (Å²) in [5.41, 5.74) is 3.77. The Kier molecular flexibility index (Phi) is 8.47. The van der Waals surface area contributed by atoms with Gasteiger partial charge in [-0.05, 0) is 50.5 Å². The van der Waals surface area contributed by atoms with Gasteiger partial charge in [0.15, 0.2) is 0 Å². The molecule has 0 aliphatic rings. The standard InChI is InChI=1S/C26H36N4O5/c1-15(2)14-35-26(34)23(18(5)32)27-11-19-7-8-22-21(10-19)28-24(30(22)17(4)13-31)20-9-16(3)25(33)29(6)12-20/h7-10,12,15,17-18,23,27,31-32H,11,13-14H2,1-6H3/t17?,18-,23+/m1/s1. The van der Waals surface area contributed by atoms with Gasteiger partial charge in [-0.15, -0.1) is 0 Å². The summed E-state index contributed by atoms with van der Waals surface area (Å²) in [6.07, 6.45) is 0.831. The van der Waals surface area contributed by atoms with Crippen LogP contribution >= 0.6 is 0 Å². The number of benzene rings is 1. The summed E-state index contributed by atoms with van der Waals surface area (Å²) in [5.74, 6) is 0.380. The van der Waals surface area contributed by atoms with Crippen LogP contribution in [0.1, 0.15) is 44.9 Å². The average molecular weight is 485 g/mol. The van der Waals surface area contributed by atoms with Gasteiger partial charge in [0.25, 0.3) is 5.56 Å². The number of nitrogens with zero attached hydrogens (tertiary/aromatic N) is 3. The van der Waals surface area contributed by atoms with Gasteiger partial charge in [-0.3, -0.25) is 14.9 Å². The highest BCUT2D eigenvalue weighted by molar-refractivity contribution is 5.81. The summed E-state index contributed by atoms with van der Waals surface area (Å²) in [5, 5.41) is 23.1. The van der Waals surface area contributed by atoms with Crippen molar-refractivity contribution in [1.82, 2.24) is 19.4 Å². The third-order valence-electron chi connectivity index (χ3n) is 5.90. The Labute approximate surface area is 205 Å². The van der Waals surface area contributed by atoms with Crippen molar-refractivity contribution in [1.29, 1.82) is 0 Å². The quantitative estimate of drug-likeness (QED) is 0.378. The third-order valence-corrected chi connectivity index (χ3v) is 5.90. The zero-order valence-electron chi connectivity index (χ0n) is 21.3. The molecule has 9 heteroatoms. The number of fused-ring (bicyclic) bond motifs is 1. The van der Waals surface area contributed by atoms with E-state index in [2.05, 4.69) is 5.32 Å². The Hall–Kier alpha value is -3.01. The number of aromatic nitrogens is 3. The molecule has 35 heavy (non-hydrogen) atoms. The fourth-order valence-electron chi connectivity index (χ4n) is 4.00. The van der Waals surface area contributed by atoms with Crippen molar-refractivity contribution in [3.63, 3.8) is 0 Å². The summed E-state index contributed by atoms with van der Waals surface area (Å²) >= 11 is 0. The largest absolute Gasteiger partial charge is 0.464 e. The smallest absolute Gasteiger partial charge is 0.325 e. The molecule has 190 valence electrons. The number of esters is 1. The first-order valence-corrected chi connectivity index (χ1v) is 11.9. The Morgan fingerprint density at radius 3 is 2.51 bits per heavy atom. The van der Waals surface area contributed by atoms with Gasteiger partial charge in [0.1, 0.15) is 11.9 Å². The number of aliphatic hydroxyl groups excluding tert-OH is 2. The van der Waals surface area contributed by atoms with Crippen LogP contribution in [-0.2, 0) is 23.1 Å². The van der Waals surface area contributed by atoms with Crippen LogP contribution in [0.4, 0.5) is 0 Å². The van der Waals surface area contributed by atoms with Crippen molar-refractivity contribution in [2.45, 2.75) is 59.4 Å². The number of hydrogen-bond donors (Lipinski definition) is 3. The third kappa shape index (κ3) is 5.98. The van der Waals surface area contributed by atoms with Crippen molar-refractivity contribution >= 4 is 17.0 Å². The van der Waals surface area contributed by atoms with E-state index in [1.165, 1.54) is 4.57 Å². The Bertz CT molecular complexity index is 1220. The number of carbonyl (C=O) groups is 1. The van der Waals surface area contributed by atoms with Crippen LogP contribution in [0.5, 0.6) is 0 Å². The first kappa shape index (κ1) is 26.6. The molecule has 3 rings (SSSR count). The van der Waals surface area contributed by atoms with Gasteiger partial charge >= 0.3 is 5.97 Å². The van der Waals surface area contributed by atoms with Crippen molar-refractivity contribution in [2.75, 3.05) is 13.2 Å². The molecule has 0 fully saturated rings. The molecule has 2 heterocycles. The van der Waals surface area contributed by atoms with Crippen LogP contribution in [-0.4, -0.2) is 55.7 Å². The molecule has 3 aromatic rings. The van der Waals surface area contributed by atoms with E-state index >= 15 is 0 Å². The van der Waals surface area contributed by atoms with Crippen molar-refractivity contribution in [3.8, 4) is 11.4 Å². The number of pyridine rings is 1. The number of aliphatic hydroxyl groups is 2. The molecule has 0 saturated carbocycles. The second-order valence-corrected chi connectivity index (χ2v) is 9.61. The SMILES string of the molecule is Cc1cc(-c2nc3cc(CN[C@H](C(=O)OCC(C)C)[C@@H](C)O)ccc3n2C(C)CO)cn(C)c1=O. The highest BCUT2D eigenvalue weighted by atomic mass is 16.5. The molecule has 0 saturated heterocycles. The summed E-state index contributed by atoms with van der Waals surface area (Å²) in [6.45, 7) is 9.69. The predicted octanol–water partition coefficient (Wildman–Crippen LogP) is 2.30. The van der Waals surface area contributed by atoms with Crippen LogP contribution < -0.4 is 10.9 Å². The monoisotopic (exact) mass is 484 g/mol. The second-order valence-electron chi connectivity index (χ2n) is 9.61. The molecule has 0 aliphatic carbocycles. The number of ether oxygens (including phenoxy) is 1. The molecule has 1 aromatic carbocycles. The topological polar surface area (TPSA) is 119 Å². The fraction of sp³-hybridized carbons (Fsp3) is 0.500. The maximum Gasteiger partial charge on any atom is 0.325 e. The van der Waals surface area contributed by atoms with E-state index < -0.39 is 18.1 Å². The number of aryl methyl sites for hydroxylation is 2. The molecule has 0 bridgehead atoms. The van der Waals surface area contributed by atoms with Crippen LogP contribution in [0, 0.1) is 12.8 Å². The van der Waals surface area contributed by atoms with Gasteiger partial charge in [0, 0.05) is 30.9 Å². The predicted molar refractivity (Wildman–Crippen MR) is 135 cm³/mol. The number of carbonyl (C=O) groups excluding carboxylic acids is 1. The number of imidazole rings is 1. The lowest BCUT2D eigenvalue weighted by Crippen LogP contribution is -2.45. The molecule has 1 unspecified atom stereocenters. The van der Waals surface area contributed by atoms with Crippen LogP contribution in [0.2, 0.25) is 0 Å². The lowest BCUT2D eigenvalue weighted by atomic mass is 10.1. The van der Waals surface area contributed by atoms with Gasteiger partial charge in [-0.1, -0.05) is 19.9 Å². The van der Waals surface area contributed by atoms with Gasteiger partial charge in [-0.25, -0.2) is 4.98 Å². The van der Waals surface area contributed by atoms with Gasteiger partial charge in [-0.2, -0.15) is 0 Å². The van der Waals surface area contributed by atoms with Crippen LogP contribution in [0.3, 0.4) is 0 Å². The zero-order chi connectivity index (χ0) is 25.9. The Morgan fingerprint density at radius 2 is 1.91 bits per heavy atom. The molecule has 0 amide bonds. The second kappa shape index (κ2) is 11.2. The Balaban J connectivity index is 1.94. The molecule has 2 aromatic heterocycles. The van der Waals surface area contributed by atoms with E-state index in [9.17, 15) is 19.8 Å². The molecule has 0 spiro atoms. The molecular formula is C26H36N4O5. The van der Waals surface area contributed by atoms with Gasteiger partial charge < -0.3 is 24.1 Å². The minimum absolute atomic E-state index is 0.0684. The lowest BCUT2D eigenvalue weighted by molar-refractivity contribution is -0.150. The molecule has 0 radical (unpaired) electrons. The van der Waals surface area contributed by atoms with E-state index in [1.54, 1.807) is 27.1 Å². The van der Waals surface area contributed by atoms with Crippen LogP contribution in [0.25, 0.3) is 22.4 Å². The molecular weight excluding hydrogens is 448 g/mol. The summed E-state index contributed by atoms with van der Waals surface area (Å²) < 4.78 is 8.79. The van der Waals surface area contributed by atoms with Crippen LogP contribution in [0.15, 0.2) is 35.3 Å². The van der Waals surface area contributed by atoms with Gasteiger partial charge in [0.05, 0.1) is 36.4 Å². The highest BCUT2D eigenvalue weighted by Crippen LogP contribution is 2.29. The lowest BCUT2D eigenvalue weighted by Gasteiger charge is -2.21. The molecule has 9 nitrogen and oxygen atoms in total. The average Bonchev–Trinajstić information content (AvgIpc) is 3.19. The minimum Gasteiger partial charge on any atom is -0.464 e. The van der Waals surface area contributed by atoms with E-state index in [0.717, 1.165) is 22.2 Å². The normalized spacial score (nSPS) is 14.3. The molecule has 0 aliphatic heterocycles. The van der Waals surface area contributed by atoms with Crippen molar-refractivity contribution in [2.24, 2.45) is 13.0 Å². The Morgan fingerprint density at radius 1 is 1.20 bits per heavy atom. The van der Waals surface area contributed by atoms with Crippen molar-refractivity contribution < 1.29 is 19.7 Å². The van der Waals surface area contributed by atoms with E-state index in [4.69, 9.17) is 9.72 Å². The maximum atomic E-state index is 12.4. The highest BCUT2D eigenvalue weighted by Gasteiger charge is 2.25. The van der Waals surface area contributed by atoms with Crippen molar-refractivity contribution in [3.05, 3.63) is 51.9 Å². The van der Waals surface area contributed by atoms with E-state index in [1.807, 2.05) is 49.6 Å². The minimum atomic E-state index is -0.914. The number of nitrogens with one attached hydrogen (secondary N) is 1. The number of hydrogen-bond acceptors (Lipinski definition) is 7. The maximum absolute atomic E-state index is 12.4. The first-order valence-electron chi connectivity index (χ1n) is 11.9. The summed E-state index contributed by atoms with van der Waals surface area (Å²) in [6, 6.07) is 6.50. The first-order chi connectivity index (χ1) is 16.5. The molecule has 3 N–H and O–H groups in total. The summed E-state index contributed by atoms with van der Waals surface area (Å²) in [4.78, 5) is 29.4. The van der Waals surface area contributed by atoms with E-state index in [-0.39, 0.29) is 24.1 Å². The number of rotatable bonds is 10. The zero-order valence-corrected chi connectivity index (χ0v) is 21.3.